The Bertz CT molecular complexity index is 397. The number of para-hydroxylation sites is 1. The van der Waals surface area contributed by atoms with E-state index in [4.69, 9.17) is 4.74 Å². The van der Waals surface area contributed by atoms with E-state index >= 15 is 0 Å². The maximum atomic E-state index is 11.5. The van der Waals surface area contributed by atoms with E-state index in [1.807, 2.05) is 25.1 Å². The predicted molar refractivity (Wildman–Crippen MR) is 72.9 cm³/mol. The zero-order valence-corrected chi connectivity index (χ0v) is 10.9. The molecule has 0 aromatic heterocycles. The van der Waals surface area contributed by atoms with Crippen LogP contribution in [0.5, 0.6) is 0 Å². The zero-order chi connectivity index (χ0) is 12.8. The molecule has 1 fully saturated rings. The van der Waals surface area contributed by atoms with Crippen LogP contribution in [0.1, 0.15) is 50.5 Å². The van der Waals surface area contributed by atoms with Crippen molar-refractivity contribution in [1.82, 2.24) is 0 Å². The van der Waals surface area contributed by atoms with E-state index in [9.17, 15) is 4.79 Å². The van der Waals surface area contributed by atoms with E-state index < -0.39 is 0 Å². The highest BCUT2D eigenvalue weighted by atomic mass is 16.5. The number of carbonyl (C=O) groups excluding carboxylic acids is 1. The van der Waals surface area contributed by atoms with Gasteiger partial charge in [-0.3, -0.25) is 5.32 Å². The lowest BCUT2D eigenvalue weighted by molar-refractivity contribution is 0.168. The molecule has 1 aromatic carbocycles. The second-order valence-corrected chi connectivity index (χ2v) is 4.77. The Morgan fingerprint density at radius 3 is 2.72 bits per heavy atom. The summed E-state index contributed by atoms with van der Waals surface area (Å²) in [5, 5.41) is 2.85. The molecule has 1 aromatic rings. The van der Waals surface area contributed by atoms with Crippen molar-refractivity contribution in [2.75, 3.05) is 11.9 Å². The Labute approximate surface area is 109 Å². The SMILES string of the molecule is CCOC(=O)Nc1ccccc1C1CCCCC1. The Morgan fingerprint density at radius 2 is 2.00 bits per heavy atom. The van der Waals surface area contributed by atoms with Crippen LogP contribution in [0.15, 0.2) is 24.3 Å². The van der Waals surface area contributed by atoms with Crippen LogP contribution in [0.4, 0.5) is 10.5 Å². The van der Waals surface area contributed by atoms with Crippen LogP contribution in [-0.4, -0.2) is 12.7 Å². The van der Waals surface area contributed by atoms with Crippen LogP contribution in [0.25, 0.3) is 0 Å². The first-order chi connectivity index (χ1) is 8.81. The molecule has 3 heteroatoms. The number of ether oxygens (including phenoxy) is 1. The maximum Gasteiger partial charge on any atom is 0.411 e. The largest absolute Gasteiger partial charge is 0.450 e. The molecule has 0 bridgehead atoms. The Kier molecular flexibility index (Phi) is 4.62. The quantitative estimate of drug-likeness (QED) is 0.864. The van der Waals surface area contributed by atoms with Gasteiger partial charge in [-0.2, -0.15) is 0 Å². The van der Waals surface area contributed by atoms with Crippen molar-refractivity contribution in [3.05, 3.63) is 29.8 Å². The standard InChI is InChI=1S/C15H21NO2/c1-2-18-15(17)16-14-11-7-6-10-13(14)12-8-4-3-5-9-12/h6-7,10-12H,2-5,8-9H2,1H3,(H,16,17). The van der Waals surface area contributed by atoms with Crippen molar-refractivity contribution in [2.45, 2.75) is 44.9 Å². The molecule has 1 aliphatic rings. The van der Waals surface area contributed by atoms with E-state index in [1.54, 1.807) is 0 Å². The second kappa shape index (κ2) is 6.43. The average molecular weight is 247 g/mol. The first-order valence-electron chi connectivity index (χ1n) is 6.84. The molecule has 18 heavy (non-hydrogen) atoms. The van der Waals surface area contributed by atoms with E-state index in [1.165, 1.54) is 37.7 Å². The third-order valence-electron chi connectivity index (χ3n) is 3.52. The third kappa shape index (κ3) is 3.25. The lowest BCUT2D eigenvalue weighted by Gasteiger charge is -2.24. The minimum absolute atomic E-state index is 0.360. The van der Waals surface area contributed by atoms with E-state index in [0.717, 1.165) is 5.69 Å². The molecule has 98 valence electrons. The normalized spacial score (nSPS) is 16.3. The van der Waals surface area contributed by atoms with Crippen LogP contribution in [0.2, 0.25) is 0 Å². The number of hydrogen-bond donors (Lipinski definition) is 1. The molecular formula is C15H21NO2. The molecule has 1 amide bonds. The monoisotopic (exact) mass is 247 g/mol. The highest BCUT2D eigenvalue weighted by molar-refractivity contribution is 5.85. The van der Waals surface area contributed by atoms with Crippen LogP contribution in [0, 0.1) is 0 Å². The number of benzene rings is 1. The molecule has 2 rings (SSSR count). The Hall–Kier alpha value is -1.51. The van der Waals surface area contributed by atoms with Gasteiger partial charge in [-0.25, -0.2) is 4.79 Å². The van der Waals surface area contributed by atoms with Crippen molar-refractivity contribution in [2.24, 2.45) is 0 Å². The van der Waals surface area contributed by atoms with E-state index in [-0.39, 0.29) is 6.09 Å². The summed E-state index contributed by atoms with van der Waals surface area (Å²) in [5.74, 6) is 0.580. The summed E-state index contributed by atoms with van der Waals surface area (Å²) >= 11 is 0. The van der Waals surface area contributed by atoms with Crippen LogP contribution >= 0.6 is 0 Å². The fraction of sp³-hybridized carbons (Fsp3) is 0.533. The average Bonchev–Trinajstić information content (AvgIpc) is 2.40. The van der Waals surface area contributed by atoms with Gasteiger partial charge in [0, 0.05) is 5.69 Å². The van der Waals surface area contributed by atoms with Gasteiger partial charge in [0.25, 0.3) is 0 Å². The van der Waals surface area contributed by atoms with Crippen LogP contribution < -0.4 is 5.32 Å². The van der Waals surface area contributed by atoms with Crippen LogP contribution in [0.3, 0.4) is 0 Å². The fourth-order valence-electron chi connectivity index (χ4n) is 2.66. The number of hydrogen-bond acceptors (Lipinski definition) is 2. The number of carbonyl (C=O) groups is 1. The highest BCUT2D eigenvalue weighted by Crippen LogP contribution is 2.36. The summed E-state index contributed by atoms with van der Waals surface area (Å²) in [6, 6.07) is 8.08. The number of anilines is 1. The lowest BCUT2D eigenvalue weighted by atomic mass is 9.83. The first kappa shape index (κ1) is 12.9. The predicted octanol–water partition coefficient (Wildman–Crippen LogP) is 4.30. The number of rotatable bonds is 3. The molecule has 0 aliphatic heterocycles. The lowest BCUT2D eigenvalue weighted by Crippen LogP contribution is -2.16. The van der Waals surface area contributed by atoms with E-state index in [2.05, 4.69) is 11.4 Å². The van der Waals surface area contributed by atoms with Crippen molar-refractivity contribution >= 4 is 11.8 Å². The Morgan fingerprint density at radius 1 is 1.28 bits per heavy atom. The van der Waals surface area contributed by atoms with Crippen molar-refractivity contribution < 1.29 is 9.53 Å². The van der Waals surface area contributed by atoms with Gasteiger partial charge in [-0.1, -0.05) is 37.5 Å². The summed E-state index contributed by atoms with van der Waals surface area (Å²) < 4.78 is 4.94. The van der Waals surface area contributed by atoms with Gasteiger partial charge in [0.05, 0.1) is 6.61 Å². The van der Waals surface area contributed by atoms with Gasteiger partial charge in [0.2, 0.25) is 0 Å². The third-order valence-corrected chi connectivity index (χ3v) is 3.52. The molecule has 0 unspecified atom stereocenters. The molecule has 1 N–H and O–H groups in total. The molecule has 1 saturated carbocycles. The molecule has 0 atom stereocenters. The molecular weight excluding hydrogens is 226 g/mol. The summed E-state index contributed by atoms with van der Waals surface area (Å²) in [6.07, 6.45) is 6.00. The van der Waals surface area contributed by atoms with E-state index in [0.29, 0.717) is 12.5 Å². The molecule has 0 heterocycles. The van der Waals surface area contributed by atoms with Gasteiger partial charge in [0.1, 0.15) is 0 Å². The van der Waals surface area contributed by atoms with Gasteiger partial charge in [-0.05, 0) is 37.3 Å². The van der Waals surface area contributed by atoms with Crippen molar-refractivity contribution in [3.8, 4) is 0 Å². The maximum absolute atomic E-state index is 11.5. The molecule has 0 spiro atoms. The summed E-state index contributed by atoms with van der Waals surface area (Å²) in [7, 11) is 0. The highest BCUT2D eigenvalue weighted by Gasteiger charge is 2.19. The minimum Gasteiger partial charge on any atom is -0.450 e. The van der Waals surface area contributed by atoms with Crippen molar-refractivity contribution in [1.29, 1.82) is 0 Å². The molecule has 3 nitrogen and oxygen atoms in total. The molecule has 1 aliphatic carbocycles. The van der Waals surface area contributed by atoms with Gasteiger partial charge in [-0.15, -0.1) is 0 Å². The first-order valence-corrected chi connectivity index (χ1v) is 6.84. The summed E-state index contributed by atoms with van der Waals surface area (Å²) in [4.78, 5) is 11.5. The smallest absolute Gasteiger partial charge is 0.411 e. The Balaban J connectivity index is 2.11. The minimum atomic E-state index is -0.360. The van der Waals surface area contributed by atoms with Crippen molar-refractivity contribution in [3.63, 3.8) is 0 Å². The molecule has 0 saturated heterocycles. The number of amides is 1. The zero-order valence-electron chi connectivity index (χ0n) is 10.9. The van der Waals surface area contributed by atoms with Gasteiger partial charge in [0.15, 0.2) is 0 Å². The summed E-state index contributed by atoms with van der Waals surface area (Å²) in [5.41, 5.74) is 2.16. The molecule has 0 radical (unpaired) electrons. The van der Waals surface area contributed by atoms with Crippen LogP contribution in [-0.2, 0) is 4.74 Å². The number of nitrogens with one attached hydrogen (secondary N) is 1. The topological polar surface area (TPSA) is 38.3 Å². The fourth-order valence-corrected chi connectivity index (χ4v) is 2.66. The second-order valence-electron chi connectivity index (χ2n) is 4.77. The summed E-state index contributed by atoms with van der Waals surface area (Å²) in [6.45, 7) is 2.21. The van der Waals surface area contributed by atoms with Gasteiger partial charge < -0.3 is 4.74 Å². The van der Waals surface area contributed by atoms with Gasteiger partial charge >= 0.3 is 6.09 Å².